The third kappa shape index (κ3) is 3.70. The molecule has 1 unspecified atom stereocenters. The van der Waals surface area contributed by atoms with Gasteiger partial charge < -0.3 is 11.1 Å². The summed E-state index contributed by atoms with van der Waals surface area (Å²) in [7, 11) is 0. The first kappa shape index (κ1) is 15.3. The van der Waals surface area contributed by atoms with Gasteiger partial charge in [0.05, 0.1) is 0 Å². The molecule has 0 fully saturated rings. The molecular weight excluding hydrogens is 260 g/mol. The zero-order valence-corrected chi connectivity index (χ0v) is 12.8. The Morgan fingerprint density at radius 1 is 1.10 bits per heavy atom. The van der Waals surface area contributed by atoms with Crippen LogP contribution in [0.25, 0.3) is 0 Å². The van der Waals surface area contributed by atoms with E-state index in [1.807, 2.05) is 63.2 Å². The van der Waals surface area contributed by atoms with Crippen LogP contribution in [-0.4, -0.2) is 12.5 Å². The predicted molar refractivity (Wildman–Crippen MR) is 86.4 cm³/mol. The van der Waals surface area contributed by atoms with Crippen molar-refractivity contribution in [1.82, 2.24) is 5.32 Å². The van der Waals surface area contributed by atoms with Crippen LogP contribution >= 0.6 is 0 Å². The van der Waals surface area contributed by atoms with Crippen molar-refractivity contribution in [2.45, 2.75) is 26.8 Å². The van der Waals surface area contributed by atoms with Crippen molar-refractivity contribution in [3.8, 4) is 0 Å². The minimum absolute atomic E-state index is 0.0589. The molecule has 1 amide bonds. The highest BCUT2D eigenvalue weighted by Gasteiger charge is 2.14. The highest BCUT2D eigenvalue weighted by molar-refractivity contribution is 5.97. The minimum atomic E-state index is -0.193. The molecular formula is C18H22N2O. The van der Waals surface area contributed by atoms with Gasteiger partial charge in [-0.25, -0.2) is 0 Å². The molecule has 0 bridgehead atoms. The van der Waals surface area contributed by atoms with Crippen molar-refractivity contribution >= 4 is 5.91 Å². The third-order valence-electron chi connectivity index (χ3n) is 3.61. The van der Waals surface area contributed by atoms with Crippen LogP contribution in [0.1, 0.15) is 38.7 Å². The molecule has 0 heterocycles. The standard InChI is InChI=1S/C18H22N2O/c1-12-9-13(2)17(14(3)10-12)18(21)20-11-16(19)15-7-5-4-6-8-15/h4-10,16H,11,19H2,1-3H3,(H,20,21). The summed E-state index contributed by atoms with van der Waals surface area (Å²) in [5.41, 5.74) is 11.0. The zero-order chi connectivity index (χ0) is 15.4. The molecule has 0 radical (unpaired) electrons. The van der Waals surface area contributed by atoms with Crippen LogP contribution in [0.2, 0.25) is 0 Å². The summed E-state index contributed by atoms with van der Waals surface area (Å²) in [5.74, 6) is -0.0589. The Hall–Kier alpha value is -2.13. The summed E-state index contributed by atoms with van der Waals surface area (Å²) >= 11 is 0. The van der Waals surface area contributed by atoms with Gasteiger partial charge in [-0.3, -0.25) is 4.79 Å². The number of nitrogens with one attached hydrogen (secondary N) is 1. The van der Waals surface area contributed by atoms with E-state index in [9.17, 15) is 4.79 Å². The molecule has 0 saturated heterocycles. The molecule has 1 atom stereocenters. The van der Waals surface area contributed by atoms with Crippen molar-refractivity contribution in [2.75, 3.05) is 6.54 Å². The van der Waals surface area contributed by atoms with E-state index < -0.39 is 0 Å². The van der Waals surface area contributed by atoms with Gasteiger partial charge in [0.2, 0.25) is 0 Å². The van der Waals surface area contributed by atoms with E-state index in [-0.39, 0.29) is 11.9 Å². The average molecular weight is 282 g/mol. The molecule has 3 nitrogen and oxygen atoms in total. The van der Waals surface area contributed by atoms with Gasteiger partial charge in [0.1, 0.15) is 0 Å². The van der Waals surface area contributed by atoms with Crippen LogP contribution in [0.5, 0.6) is 0 Å². The molecule has 0 spiro atoms. The Morgan fingerprint density at radius 3 is 2.24 bits per heavy atom. The lowest BCUT2D eigenvalue weighted by Gasteiger charge is -2.15. The number of carbonyl (C=O) groups is 1. The Labute approximate surface area is 126 Å². The van der Waals surface area contributed by atoms with Crippen molar-refractivity contribution in [2.24, 2.45) is 5.73 Å². The number of aryl methyl sites for hydroxylation is 3. The fraction of sp³-hybridized carbons (Fsp3) is 0.278. The number of rotatable bonds is 4. The van der Waals surface area contributed by atoms with Gasteiger partial charge >= 0.3 is 0 Å². The van der Waals surface area contributed by atoms with Crippen LogP contribution in [0.15, 0.2) is 42.5 Å². The van der Waals surface area contributed by atoms with Crippen LogP contribution in [-0.2, 0) is 0 Å². The van der Waals surface area contributed by atoms with E-state index in [4.69, 9.17) is 5.73 Å². The van der Waals surface area contributed by atoms with Crippen LogP contribution in [0, 0.1) is 20.8 Å². The zero-order valence-electron chi connectivity index (χ0n) is 12.8. The first-order valence-corrected chi connectivity index (χ1v) is 7.15. The van der Waals surface area contributed by atoms with Crippen molar-refractivity contribution in [3.63, 3.8) is 0 Å². The molecule has 21 heavy (non-hydrogen) atoms. The van der Waals surface area contributed by atoms with Gasteiger partial charge in [0.25, 0.3) is 5.91 Å². The van der Waals surface area contributed by atoms with Gasteiger partial charge in [0, 0.05) is 18.2 Å². The Kier molecular flexibility index (Phi) is 4.76. The van der Waals surface area contributed by atoms with Gasteiger partial charge in [0.15, 0.2) is 0 Å². The highest BCUT2D eigenvalue weighted by Crippen LogP contribution is 2.16. The first-order chi connectivity index (χ1) is 9.99. The van der Waals surface area contributed by atoms with E-state index >= 15 is 0 Å². The van der Waals surface area contributed by atoms with Crippen molar-refractivity contribution in [3.05, 3.63) is 70.3 Å². The Balaban J connectivity index is 2.06. The summed E-state index contributed by atoms with van der Waals surface area (Å²) in [6.45, 7) is 6.39. The fourth-order valence-electron chi connectivity index (χ4n) is 2.65. The smallest absolute Gasteiger partial charge is 0.251 e. The largest absolute Gasteiger partial charge is 0.350 e. The molecule has 0 aliphatic rings. The van der Waals surface area contributed by atoms with E-state index in [0.717, 1.165) is 22.3 Å². The summed E-state index contributed by atoms with van der Waals surface area (Å²) in [5, 5.41) is 2.93. The maximum Gasteiger partial charge on any atom is 0.251 e. The van der Waals surface area contributed by atoms with E-state index in [2.05, 4.69) is 5.32 Å². The molecule has 110 valence electrons. The van der Waals surface area contributed by atoms with Crippen LogP contribution < -0.4 is 11.1 Å². The fourth-order valence-corrected chi connectivity index (χ4v) is 2.65. The van der Waals surface area contributed by atoms with Crippen LogP contribution in [0.3, 0.4) is 0 Å². The quantitative estimate of drug-likeness (QED) is 0.905. The number of benzene rings is 2. The molecule has 0 saturated carbocycles. The van der Waals surface area contributed by atoms with Gasteiger partial charge in [-0.1, -0.05) is 48.0 Å². The molecule has 0 aliphatic heterocycles. The summed E-state index contributed by atoms with van der Waals surface area (Å²) < 4.78 is 0. The lowest BCUT2D eigenvalue weighted by Crippen LogP contribution is -2.32. The summed E-state index contributed by atoms with van der Waals surface area (Å²) in [4.78, 5) is 12.4. The van der Waals surface area contributed by atoms with E-state index in [0.29, 0.717) is 6.54 Å². The number of amides is 1. The normalized spacial score (nSPS) is 12.0. The SMILES string of the molecule is Cc1cc(C)c(C(=O)NCC(N)c2ccccc2)c(C)c1. The van der Waals surface area contributed by atoms with Gasteiger partial charge in [-0.15, -0.1) is 0 Å². The monoisotopic (exact) mass is 282 g/mol. The summed E-state index contributed by atoms with van der Waals surface area (Å²) in [6.07, 6.45) is 0. The van der Waals surface area contributed by atoms with E-state index in [1.165, 1.54) is 5.56 Å². The Morgan fingerprint density at radius 2 is 1.67 bits per heavy atom. The van der Waals surface area contributed by atoms with Crippen LogP contribution in [0.4, 0.5) is 0 Å². The lowest BCUT2D eigenvalue weighted by atomic mass is 9.99. The second-order valence-corrected chi connectivity index (χ2v) is 5.50. The topological polar surface area (TPSA) is 55.1 Å². The average Bonchev–Trinajstić information content (AvgIpc) is 2.44. The number of hydrogen-bond donors (Lipinski definition) is 2. The minimum Gasteiger partial charge on any atom is -0.350 e. The van der Waals surface area contributed by atoms with Crippen molar-refractivity contribution in [1.29, 1.82) is 0 Å². The first-order valence-electron chi connectivity index (χ1n) is 7.15. The maximum atomic E-state index is 12.4. The second-order valence-electron chi connectivity index (χ2n) is 5.50. The number of hydrogen-bond acceptors (Lipinski definition) is 2. The summed E-state index contributed by atoms with van der Waals surface area (Å²) in [6, 6.07) is 13.7. The van der Waals surface area contributed by atoms with Gasteiger partial charge in [-0.05, 0) is 37.5 Å². The third-order valence-corrected chi connectivity index (χ3v) is 3.61. The molecule has 2 aromatic rings. The maximum absolute atomic E-state index is 12.4. The highest BCUT2D eigenvalue weighted by atomic mass is 16.1. The lowest BCUT2D eigenvalue weighted by molar-refractivity contribution is 0.0950. The molecule has 3 N–H and O–H groups in total. The second kappa shape index (κ2) is 6.55. The molecule has 3 heteroatoms. The predicted octanol–water partition coefficient (Wildman–Crippen LogP) is 3.04. The van der Waals surface area contributed by atoms with Gasteiger partial charge in [-0.2, -0.15) is 0 Å². The molecule has 0 aromatic heterocycles. The Bertz CT molecular complexity index is 612. The van der Waals surface area contributed by atoms with Crippen molar-refractivity contribution < 1.29 is 4.79 Å². The molecule has 0 aliphatic carbocycles. The number of carbonyl (C=O) groups excluding carboxylic acids is 1. The molecule has 2 aromatic carbocycles. The van der Waals surface area contributed by atoms with E-state index in [1.54, 1.807) is 0 Å². The number of nitrogens with two attached hydrogens (primary N) is 1. The molecule has 2 rings (SSSR count).